The third-order valence-electron chi connectivity index (χ3n) is 3.34. The van der Waals surface area contributed by atoms with Crippen LogP contribution in [-0.2, 0) is 9.59 Å². The number of methoxy groups -OCH3 is 1. The van der Waals surface area contributed by atoms with Crippen molar-refractivity contribution >= 4 is 23.5 Å². The van der Waals surface area contributed by atoms with E-state index < -0.39 is 17.8 Å². The summed E-state index contributed by atoms with van der Waals surface area (Å²) in [6.45, 7) is 2.32. The molecule has 6 heteroatoms. The van der Waals surface area contributed by atoms with Crippen molar-refractivity contribution < 1.29 is 19.1 Å². The highest BCUT2D eigenvalue weighted by Crippen LogP contribution is 2.24. The Labute approximate surface area is 123 Å². The van der Waals surface area contributed by atoms with Gasteiger partial charge >= 0.3 is 6.03 Å². The van der Waals surface area contributed by atoms with Gasteiger partial charge in [-0.15, -0.1) is 0 Å². The maximum absolute atomic E-state index is 12.4. The molecule has 0 aromatic heterocycles. The Kier molecular flexibility index (Phi) is 4.57. The van der Waals surface area contributed by atoms with Gasteiger partial charge in [-0.2, -0.15) is 0 Å². The van der Waals surface area contributed by atoms with Gasteiger partial charge in [0.05, 0.1) is 12.8 Å². The molecule has 0 saturated carbocycles. The minimum Gasteiger partial charge on any atom is -0.497 e. The third-order valence-corrected chi connectivity index (χ3v) is 3.34. The van der Waals surface area contributed by atoms with Crippen LogP contribution in [0.2, 0.25) is 0 Å². The van der Waals surface area contributed by atoms with Gasteiger partial charge in [0.1, 0.15) is 12.2 Å². The molecule has 112 valence electrons. The Morgan fingerprint density at radius 2 is 1.76 bits per heavy atom. The molecule has 6 nitrogen and oxygen atoms in total. The Morgan fingerprint density at radius 3 is 2.33 bits per heavy atom. The molecule has 0 N–H and O–H groups in total. The van der Waals surface area contributed by atoms with Gasteiger partial charge in [0.2, 0.25) is 11.8 Å². The fourth-order valence-corrected chi connectivity index (χ4v) is 2.16. The van der Waals surface area contributed by atoms with Crippen LogP contribution in [0.25, 0.3) is 0 Å². The number of anilines is 1. The summed E-state index contributed by atoms with van der Waals surface area (Å²) >= 11 is 0. The number of hydrogen-bond donors (Lipinski definition) is 0. The van der Waals surface area contributed by atoms with Crippen LogP contribution in [-0.4, -0.2) is 36.4 Å². The summed E-state index contributed by atoms with van der Waals surface area (Å²) in [5, 5.41) is 0. The molecular formula is C15H18N2O4. The number of benzene rings is 1. The summed E-state index contributed by atoms with van der Waals surface area (Å²) in [6.07, 6.45) is 1.32. The van der Waals surface area contributed by atoms with E-state index in [0.29, 0.717) is 18.0 Å². The number of amides is 4. The molecule has 1 aromatic carbocycles. The maximum Gasteiger partial charge on any atom is 0.338 e. The van der Waals surface area contributed by atoms with Crippen molar-refractivity contribution in [2.24, 2.45) is 0 Å². The Morgan fingerprint density at radius 1 is 1.10 bits per heavy atom. The Hall–Kier alpha value is -2.37. The van der Waals surface area contributed by atoms with E-state index >= 15 is 0 Å². The first-order valence-corrected chi connectivity index (χ1v) is 6.89. The predicted octanol–water partition coefficient (Wildman–Crippen LogP) is 2.18. The number of barbiturate groups is 1. The molecule has 0 aliphatic carbocycles. The quantitative estimate of drug-likeness (QED) is 0.780. The van der Waals surface area contributed by atoms with Gasteiger partial charge < -0.3 is 4.74 Å². The summed E-state index contributed by atoms with van der Waals surface area (Å²) in [7, 11) is 1.54. The minimum absolute atomic E-state index is 0.276. The fraction of sp³-hybridized carbons (Fsp3) is 0.400. The second-order valence-corrected chi connectivity index (χ2v) is 4.79. The standard InChI is InChI=1S/C15H18N2O4/c1-3-4-9-16-13(18)10-14(19)17(15(16)20)11-5-7-12(21-2)8-6-11/h5-8H,3-4,9-10H2,1-2H3. The van der Waals surface area contributed by atoms with Crippen LogP contribution in [0.4, 0.5) is 10.5 Å². The lowest BCUT2D eigenvalue weighted by molar-refractivity contribution is -0.134. The second kappa shape index (κ2) is 6.39. The molecule has 1 aliphatic heterocycles. The first kappa shape index (κ1) is 15.0. The zero-order valence-corrected chi connectivity index (χ0v) is 12.2. The Bertz CT molecular complexity index is 553. The van der Waals surface area contributed by atoms with Crippen molar-refractivity contribution in [2.75, 3.05) is 18.6 Å². The lowest BCUT2D eigenvalue weighted by Crippen LogP contribution is -2.55. The van der Waals surface area contributed by atoms with Crippen molar-refractivity contribution in [2.45, 2.75) is 26.2 Å². The average molecular weight is 290 g/mol. The number of carbonyl (C=O) groups is 3. The molecule has 2 rings (SSSR count). The first-order chi connectivity index (χ1) is 10.1. The fourth-order valence-electron chi connectivity index (χ4n) is 2.16. The molecule has 1 fully saturated rings. The van der Waals surface area contributed by atoms with Crippen LogP contribution in [0.3, 0.4) is 0 Å². The van der Waals surface area contributed by atoms with E-state index in [9.17, 15) is 14.4 Å². The SMILES string of the molecule is CCCCN1C(=O)CC(=O)N(c2ccc(OC)cc2)C1=O. The van der Waals surface area contributed by atoms with Crippen LogP contribution in [0.15, 0.2) is 24.3 Å². The van der Waals surface area contributed by atoms with Gasteiger partial charge in [-0.1, -0.05) is 13.3 Å². The lowest BCUT2D eigenvalue weighted by Gasteiger charge is -2.32. The molecule has 0 spiro atoms. The summed E-state index contributed by atoms with van der Waals surface area (Å²) in [5.41, 5.74) is 0.444. The number of unbranched alkanes of at least 4 members (excludes halogenated alkanes) is 1. The van der Waals surface area contributed by atoms with Crippen molar-refractivity contribution in [3.05, 3.63) is 24.3 Å². The highest BCUT2D eigenvalue weighted by atomic mass is 16.5. The Balaban J connectivity index is 2.25. The van der Waals surface area contributed by atoms with Gasteiger partial charge in [0, 0.05) is 6.54 Å². The zero-order valence-electron chi connectivity index (χ0n) is 12.2. The van der Waals surface area contributed by atoms with Crippen LogP contribution < -0.4 is 9.64 Å². The smallest absolute Gasteiger partial charge is 0.338 e. The monoisotopic (exact) mass is 290 g/mol. The minimum atomic E-state index is -0.574. The van der Waals surface area contributed by atoms with Gasteiger partial charge in [0.25, 0.3) is 0 Å². The number of rotatable bonds is 5. The number of urea groups is 1. The van der Waals surface area contributed by atoms with Gasteiger partial charge in [-0.05, 0) is 30.7 Å². The van der Waals surface area contributed by atoms with E-state index in [1.807, 2.05) is 6.92 Å². The largest absolute Gasteiger partial charge is 0.497 e. The average Bonchev–Trinajstić information content (AvgIpc) is 2.47. The van der Waals surface area contributed by atoms with Crippen LogP contribution in [0.5, 0.6) is 5.75 Å². The molecule has 1 aromatic rings. The van der Waals surface area contributed by atoms with Crippen molar-refractivity contribution in [3.8, 4) is 5.75 Å². The molecule has 21 heavy (non-hydrogen) atoms. The van der Waals surface area contributed by atoms with E-state index in [4.69, 9.17) is 4.74 Å². The van der Waals surface area contributed by atoms with E-state index in [1.54, 1.807) is 24.3 Å². The van der Waals surface area contributed by atoms with Crippen molar-refractivity contribution in [1.82, 2.24) is 4.90 Å². The maximum atomic E-state index is 12.4. The van der Waals surface area contributed by atoms with Gasteiger partial charge in [-0.3, -0.25) is 14.5 Å². The van der Waals surface area contributed by atoms with Gasteiger partial charge in [-0.25, -0.2) is 9.69 Å². The highest BCUT2D eigenvalue weighted by molar-refractivity contribution is 6.26. The molecule has 0 radical (unpaired) electrons. The lowest BCUT2D eigenvalue weighted by atomic mass is 10.2. The molecule has 1 heterocycles. The second-order valence-electron chi connectivity index (χ2n) is 4.79. The van der Waals surface area contributed by atoms with E-state index in [-0.39, 0.29) is 6.42 Å². The molecule has 1 saturated heterocycles. The highest BCUT2D eigenvalue weighted by Gasteiger charge is 2.38. The third kappa shape index (κ3) is 3.04. The predicted molar refractivity (Wildman–Crippen MR) is 77.1 cm³/mol. The molecule has 1 aliphatic rings. The number of carbonyl (C=O) groups excluding carboxylic acids is 3. The van der Waals surface area contributed by atoms with Crippen molar-refractivity contribution in [1.29, 1.82) is 0 Å². The normalized spacial score (nSPS) is 15.6. The van der Waals surface area contributed by atoms with E-state index in [0.717, 1.165) is 22.6 Å². The molecule has 4 amide bonds. The summed E-state index contributed by atoms with van der Waals surface area (Å²) < 4.78 is 5.05. The van der Waals surface area contributed by atoms with Crippen LogP contribution in [0, 0.1) is 0 Å². The molecule has 0 unspecified atom stereocenters. The van der Waals surface area contributed by atoms with Crippen LogP contribution >= 0.6 is 0 Å². The van der Waals surface area contributed by atoms with E-state index in [2.05, 4.69) is 0 Å². The molecular weight excluding hydrogens is 272 g/mol. The topological polar surface area (TPSA) is 66.9 Å². The van der Waals surface area contributed by atoms with Crippen LogP contribution in [0.1, 0.15) is 26.2 Å². The summed E-state index contributed by atoms with van der Waals surface area (Å²) in [5.74, 6) is -0.291. The first-order valence-electron chi connectivity index (χ1n) is 6.89. The number of hydrogen-bond acceptors (Lipinski definition) is 4. The number of ether oxygens (including phenoxy) is 1. The van der Waals surface area contributed by atoms with Crippen molar-refractivity contribution in [3.63, 3.8) is 0 Å². The van der Waals surface area contributed by atoms with Gasteiger partial charge in [0.15, 0.2) is 0 Å². The summed E-state index contributed by atoms with van der Waals surface area (Å²) in [4.78, 5) is 38.4. The molecule has 0 bridgehead atoms. The number of nitrogens with zero attached hydrogens (tertiary/aromatic N) is 2. The summed E-state index contributed by atoms with van der Waals surface area (Å²) in [6, 6.07) is 6.02. The van der Waals surface area contributed by atoms with E-state index in [1.165, 1.54) is 7.11 Å². The molecule has 0 atom stereocenters. The number of imide groups is 2. The zero-order chi connectivity index (χ0) is 15.4.